The summed E-state index contributed by atoms with van der Waals surface area (Å²) in [6, 6.07) is 0. The minimum absolute atomic E-state index is 0.240. The standard InChI is InChI=1S/C10H21N/c1-7-11-9(8(2)3)10(4,5)6/h8H,7H2,1-6H3/b11-9-. The van der Waals surface area contributed by atoms with Crippen molar-refractivity contribution in [3.05, 3.63) is 0 Å². The molecule has 0 saturated carbocycles. The van der Waals surface area contributed by atoms with E-state index in [9.17, 15) is 0 Å². The average molecular weight is 155 g/mol. The average Bonchev–Trinajstić information content (AvgIpc) is 1.79. The van der Waals surface area contributed by atoms with Crippen LogP contribution in [0.25, 0.3) is 0 Å². The third kappa shape index (κ3) is 3.54. The Morgan fingerprint density at radius 1 is 1.27 bits per heavy atom. The third-order valence-corrected chi connectivity index (χ3v) is 1.64. The van der Waals surface area contributed by atoms with Crippen LogP contribution < -0.4 is 0 Å². The van der Waals surface area contributed by atoms with Crippen LogP contribution in [0.1, 0.15) is 41.5 Å². The van der Waals surface area contributed by atoms with Crippen molar-refractivity contribution in [3.63, 3.8) is 0 Å². The van der Waals surface area contributed by atoms with Crippen molar-refractivity contribution in [2.75, 3.05) is 6.54 Å². The Hall–Kier alpha value is -0.330. The molecule has 0 spiro atoms. The van der Waals surface area contributed by atoms with Gasteiger partial charge in [-0.1, -0.05) is 34.6 Å². The zero-order chi connectivity index (χ0) is 9.07. The minimum atomic E-state index is 0.240. The highest BCUT2D eigenvalue weighted by Crippen LogP contribution is 2.21. The highest BCUT2D eigenvalue weighted by Gasteiger charge is 2.20. The summed E-state index contributed by atoms with van der Waals surface area (Å²) in [5, 5.41) is 0. The van der Waals surface area contributed by atoms with Crippen LogP contribution in [-0.2, 0) is 0 Å². The van der Waals surface area contributed by atoms with Gasteiger partial charge >= 0.3 is 0 Å². The van der Waals surface area contributed by atoms with Crippen molar-refractivity contribution in [2.45, 2.75) is 41.5 Å². The molecule has 0 aliphatic heterocycles. The minimum Gasteiger partial charge on any atom is -0.294 e. The molecule has 1 nitrogen and oxygen atoms in total. The van der Waals surface area contributed by atoms with Crippen LogP contribution in [0.15, 0.2) is 4.99 Å². The van der Waals surface area contributed by atoms with Crippen molar-refractivity contribution in [2.24, 2.45) is 16.3 Å². The Morgan fingerprint density at radius 2 is 1.73 bits per heavy atom. The van der Waals surface area contributed by atoms with E-state index in [-0.39, 0.29) is 5.41 Å². The van der Waals surface area contributed by atoms with E-state index in [0.717, 1.165) is 6.54 Å². The number of nitrogens with zero attached hydrogens (tertiary/aromatic N) is 1. The quantitative estimate of drug-likeness (QED) is 0.543. The summed E-state index contributed by atoms with van der Waals surface area (Å²) in [5.41, 5.74) is 1.57. The van der Waals surface area contributed by atoms with E-state index < -0.39 is 0 Å². The molecule has 0 aromatic heterocycles. The summed E-state index contributed by atoms with van der Waals surface area (Å²) in [6.07, 6.45) is 0. The maximum absolute atomic E-state index is 4.51. The van der Waals surface area contributed by atoms with Crippen molar-refractivity contribution >= 4 is 5.71 Å². The summed E-state index contributed by atoms with van der Waals surface area (Å²) < 4.78 is 0. The molecule has 0 fully saturated rings. The lowest BCUT2D eigenvalue weighted by atomic mass is 9.83. The van der Waals surface area contributed by atoms with Crippen LogP contribution in [0.2, 0.25) is 0 Å². The van der Waals surface area contributed by atoms with Gasteiger partial charge in [-0.3, -0.25) is 4.99 Å². The smallest absolute Gasteiger partial charge is 0.0360 e. The number of rotatable bonds is 2. The Kier molecular flexibility index (Phi) is 3.77. The van der Waals surface area contributed by atoms with Crippen molar-refractivity contribution in [1.29, 1.82) is 0 Å². The lowest BCUT2D eigenvalue weighted by Gasteiger charge is -2.24. The van der Waals surface area contributed by atoms with Gasteiger partial charge in [-0.2, -0.15) is 0 Å². The van der Waals surface area contributed by atoms with E-state index >= 15 is 0 Å². The number of aliphatic imine (C=N–C) groups is 1. The first-order valence-electron chi connectivity index (χ1n) is 4.44. The van der Waals surface area contributed by atoms with Crippen molar-refractivity contribution in [1.82, 2.24) is 0 Å². The molecule has 0 saturated heterocycles. The molecule has 66 valence electrons. The maximum Gasteiger partial charge on any atom is 0.0360 e. The normalized spacial score (nSPS) is 14.3. The van der Waals surface area contributed by atoms with Gasteiger partial charge in [0.25, 0.3) is 0 Å². The molecule has 0 aromatic rings. The van der Waals surface area contributed by atoms with Crippen molar-refractivity contribution in [3.8, 4) is 0 Å². The van der Waals surface area contributed by atoms with E-state index in [0.29, 0.717) is 5.92 Å². The summed E-state index contributed by atoms with van der Waals surface area (Å²) in [6.45, 7) is 14.1. The first-order chi connectivity index (χ1) is 4.89. The zero-order valence-electron chi connectivity index (χ0n) is 8.73. The third-order valence-electron chi connectivity index (χ3n) is 1.64. The van der Waals surface area contributed by atoms with Crippen LogP contribution in [0.3, 0.4) is 0 Å². The maximum atomic E-state index is 4.51. The van der Waals surface area contributed by atoms with Crippen LogP contribution in [0.4, 0.5) is 0 Å². The van der Waals surface area contributed by atoms with E-state index in [2.05, 4.69) is 46.5 Å². The molecular formula is C10H21N. The molecule has 0 bridgehead atoms. The fraction of sp³-hybridized carbons (Fsp3) is 0.900. The molecular weight excluding hydrogens is 134 g/mol. The van der Waals surface area contributed by atoms with Gasteiger partial charge in [0.15, 0.2) is 0 Å². The number of hydrogen-bond acceptors (Lipinski definition) is 1. The highest BCUT2D eigenvalue weighted by molar-refractivity contribution is 5.90. The predicted molar refractivity (Wildman–Crippen MR) is 52.3 cm³/mol. The largest absolute Gasteiger partial charge is 0.294 e. The zero-order valence-corrected chi connectivity index (χ0v) is 8.73. The van der Waals surface area contributed by atoms with Crippen molar-refractivity contribution < 1.29 is 0 Å². The van der Waals surface area contributed by atoms with E-state index in [1.54, 1.807) is 0 Å². The Balaban J connectivity index is 4.49. The first kappa shape index (κ1) is 10.7. The molecule has 0 rings (SSSR count). The molecule has 0 aliphatic carbocycles. The molecule has 0 unspecified atom stereocenters. The van der Waals surface area contributed by atoms with E-state index in [1.165, 1.54) is 5.71 Å². The molecule has 1 heteroatoms. The molecule has 0 heterocycles. The van der Waals surface area contributed by atoms with Gasteiger partial charge in [0.2, 0.25) is 0 Å². The first-order valence-corrected chi connectivity index (χ1v) is 4.44. The second-order valence-electron chi connectivity index (χ2n) is 4.26. The van der Waals surface area contributed by atoms with Gasteiger partial charge in [-0.05, 0) is 12.8 Å². The van der Waals surface area contributed by atoms with Crippen LogP contribution >= 0.6 is 0 Å². The van der Waals surface area contributed by atoms with Gasteiger partial charge < -0.3 is 0 Å². The monoisotopic (exact) mass is 155 g/mol. The van der Waals surface area contributed by atoms with Gasteiger partial charge in [-0.25, -0.2) is 0 Å². The fourth-order valence-electron chi connectivity index (χ4n) is 1.46. The topological polar surface area (TPSA) is 12.4 Å². The molecule has 11 heavy (non-hydrogen) atoms. The molecule has 0 radical (unpaired) electrons. The summed E-state index contributed by atoms with van der Waals surface area (Å²) in [7, 11) is 0. The lowest BCUT2D eigenvalue weighted by Crippen LogP contribution is -2.25. The van der Waals surface area contributed by atoms with E-state index in [4.69, 9.17) is 0 Å². The molecule has 0 N–H and O–H groups in total. The molecule has 0 aromatic carbocycles. The summed E-state index contributed by atoms with van der Waals surface area (Å²) in [5.74, 6) is 0.579. The molecule has 0 amide bonds. The molecule has 0 aliphatic rings. The Bertz CT molecular complexity index is 137. The fourth-order valence-corrected chi connectivity index (χ4v) is 1.46. The van der Waals surface area contributed by atoms with Crippen LogP contribution in [0, 0.1) is 11.3 Å². The second-order valence-corrected chi connectivity index (χ2v) is 4.26. The summed E-state index contributed by atoms with van der Waals surface area (Å²) >= 11 is 0. The number of hydrogen-bond donors (Lipinski definition) is 0. The van der Waals surface area contributed by atoms with Crippen LogP contribution in [-0.4, -0.2) is 12.3 Å². The Morgan fingerprint density at radius 3 is 1.82 bits per heavy atom. The Labute approximate surface area is 70.9 Å². The summed E-state index contributed by atoms with van der Waals surface area (Å²) in [4.78, 5) is 4.51. The SMILES string of the molecule is CC/N=C(/C(C)C)C(C)(C)C. The van der Waals surface area contributed by atoms with Gasteiger partial charge in [0.05, 0.1) is 0 Å². The van der Waals surface area contributed by atoms with Gasteiger partial charge in [0.1, 0.15) is 0 Å². The van der Waals surface area contributed by atoms with E-state index in [1.807, 2.05) is 0 Å². The predicted octanol–water partition coefficient (Wildman–Crippen LogP) is 3.15. The highest BCUT2D eigenvalue weighted by atomic mass is 14.7. The second kappa shape index (κ2) is 3.89. The molecule has 0 atom stereocenters. The lowest BCUT2D eigenvalue weighted by molar-refractivity contribution is 0.552. The van der Waals surface area contributed by atoms with Gasteiger partial charge in [-0.15, -0.1) is 0 Å². The van der Waals surface area contributed by atoms with Gasteiger partial charge in [0, 0.05) is 17.7 Å². The van der Waals surface area contributed by atoms with Crippen LogP contribution in [0.5, 0.6) is 0 Å².